The largest absolute Gasteiger partial charge is 0.388 e. The lowest BCUT2D eigenvalue weighted by Gasteiger charge is -2.16. The average Bonchev–Trinajstić information content (AvgIpc) is 2.98. The van der Waals surface area contributed by atoms with E-state index in [-0.39, 0.29) is 12.4 Å². The smallest absolute Gasteiger partial charge is 0.299 e. The lowest BCUT2D eigenvalue weighted by atomic mass is 10.1. The van der Waals surface area contributed by atoms with E-state index in [2.05, 4.69) is 19.9 Å². The minimum atomic E-state index is -0.405. The maximum Gasteiger partial charge on any atom is 0.299 e. The van der Waals surface area contributed by atoms with Crippen LogP contribution in [0.2, 0.25) is 0 Å². The van der Waals surface area contributed by atoms with Crippen molar-refractivity contribution < 1.29 is 9.90 Å². The van der Waals surface area contributed by atoms with Crippen molar-refractivity contribution in [3.05, 3.63) is 11.4 Å². The third kappa shape index (κ3) is 1.60. The van der Waals surface area contributed by atoms with Gasteiger partial charge >= 0.3 is 0 Å². The third-order valence-corrected chi connectivity index (χ3v) is 3.35. The number of hydrogen-bond acceptors (Lipinski definition) is 5. The van der Waals surface area contributed by atoms with Crippen molar-refractivity contribution in [1.82, 2.24) is 4.90 Å². The Morgan fingerprint density at radius 3 is 2.56 bits per heavy atom. The van der Waals surface area contributed by atoms with E-state index in [4.69, 9.17) is 5.11 Å². The van der Waals surface area contributed by atoms with Gasteiger partial charge in [0.2, 0.25) is 0 Å². The zero-order valence-corrected chi connectivity index (χ0v) is 10.2. The number of carbonyl (C=O) groups is 1. The second-order valence-corrected chi connectivity index (χ2v) is 4.55. The Morgan fingerprint density at radius 2 is 1.89 bits per heavy atom. The van der Waals surface area contributed by atoms with Crippen LogP contribution in [0.5, 0.6) is 0 Å². The van der Waals surface area contributed by atoms with Crippen LogP contribution >= 0.6 is 0 Å². The van der Waals surface area contributed by atoms with E-state index >= 15 is 0 Å². The Kier molecular flexibility index (Phi) is 2.59. The number of fused-ring (bicyclic) bond motifs is 1. The zero-order valence-electron chi connectivity index (χ0n) is 10.2. The molecular weight excluding hydrogens is 232 g/mol. The van der Waals surface area contributed by atoms with Gasteiger partial charge in [0.05, 0.1) is 0 Å². The molecule has 1 fully saturated rings. The molecule has 0 saturated carbocycles. The van der Waals surface area contributed by atoms with Gasteiger partial charge in [-0.1, -0.05) is 0 Å². The predicted octanol–water partition coefficient (Wildman–Crippen LogP) is 0.140. The van der Waals surface area contributed by atoms with E-state index in [9.17, 15) is 4.79 Å². The predicted molar refractivity (Wildman–Crippen MR) is 67.9 cm³/mol. The number of rotatable bonds is 2. The summed E-state index contributed by atoms with van der Waals surface area (Å²) in [5.41, 5.74) is 1.79. The van der Waals surface area contributed by atoms with E-state index in [1.165, 1.54) is 0 Å². The Morgan fingerprint density at radius 1 is 1.17 bits per heavy atom. The van der Waals surface area contributed by atoms with Gasteiger partial charge in [-0.05, 0) is 19.8 Å². The average molecular weight is 246 g/mol. The Hall–Kier alpha value is -1.82. The SMILES string of the molecule is CC1=C(N2CCCC2)N=C2C(=O)N=C(CO)N=C21. The van der Waals surface area contributed by atoms with Crippen molar-refractivity contribution >= 4 is 23.2 Å². The second-order valence-electron chi connectivity index (χ2n) is 4.55. The number of aliphatic imine (C=N–C) groups is 3. The minimum absolute atomic E-state index is 0.163. The first kappa shape index (κ1) is 11.3. The Bertz CT molecular complexity index is 536. The molecule has 0 radical (unpaired) electrons. The summed E-state index contributed by atoms with van der Waals surface area (Å²) in [6, 6.07) is 0. The molecule has 0 aromatic carbocycles. The van der Waals surface area contributed by atoms with Crippen molar-refractivity contribution in [2.45, 2.75) is 19.8 Å². The van der Waals surface area contributed by atoms with Gasteiger partial charge in [0.25, 0.3) is 5.91 Å². The molecule has 1 N–H and O–H groups in total. The molecule has 3 aliphatic rings. The quantitative estimate of drug-likeness (QED) is 0.752. The van der Waals surface area contributed by atoms with E-state index in [1.807, 2.05) is 6.92 Å². The van der Waals surface area contributed by atoms with Crippen LogP contribution in [0.1, 0.15) is 19.8 Å². The van der Waals surface area contributed by atoms with Gasteiger partial charge in [0.15, 0.2) is 11.5 Å². The normalized spacial score (nSPS) is 23.1. The van der Waals surface area contributed by atoms with E-state index < -0.39 is 5.91 Å². The first-order valence-corrected chi connectivity index (χ1v) is 6.07. The molecule has 0 atom stereocenters. The highest BCUT2D eigenvalue weighted by atomic mass is 16.3. The fourth-order valence-electron chi connectivity index (χ4n) is 2.44. The van der Waals surface area contributed by atoms with Crippen LogP contribution in [0.25, 0.3) is 0 Å². The summed E-state index contributed by atoms with van der Waals surface area (Å²) in [5.74, 6) is 0.595. The van der Waals surface area contributed by atoms with Crippen molar-refractivity contribution in [2.75, 3.05) is 19.7 Å². The van der Waals surface area contributed by atoms with Crippen molar-refractivity contribution in [3.8, 4) is 0 Å². The molecule has 6 heteroatoms. The van der Waals surface area contributed by atoms with Gasteiger partial charge < -0.3 is 10.0 Å². The topological polar surface area (TPSA) is 77.6 Å². The number of hydrogen-bond donors (Lipinski definition) is 1. The highest BCUT2D eigenvalue weighted by Crippen LogP contribution is 2.26. The molecule has 3 aliphatic heterocycles. The molecule has 0 spiro atoms. The molecule has 6 nitrogen and oxygen atoms in total. The summed E-state index contributed by atoms with van der Waals surface area (Å²) in [7, 11) is 0. The highest BCUT2D eigenvalue weighted by molar-refractivity contribution is 6.73. The van der Waals surface area contributed by atoms with Crippen LogP contribution in [-0.4, -0.2) is 52.9 Å². The van der Waals surface area contributed by atoms with E-state index in [0.717, 1.165) is 37.3 Å². The molecule has 0 bridgehead atoms. The molecule has 18 heavy (non-hydrogen) atoms. The molecule has 94 valence electrons. The van der Waals surface area contributed by atoms with Gasteiger partial charge in [-0.2, -0.15) is 4.99 Å². The number of amidine groups is 1. The summed E-state index contributed by atoms with van der Waals surface area (Å²) >= 11 is 0. The van der Waals surface area contributed by atoms with Crippen molar-refractivity contribution in [3.63, 3.8) is 0 Å². The van der Waals surface area contributed by atoms with E-state index in [1.54, 1.807) is 0 Å². The fraction of sp³-hybridized carbons (Fsp3) is 0.500. The van der Waals surface area contributed by atoms with Gasteiger partial charge in [0, 0.05) is 18.7 Å². The highest BCUT2D eigenvalue weighted by Gasteiger charge is 2.33. The molecule has 3 heterocycles. The number of aliphatic hydroxyl groups excluding tert-OH is 1. The summed E-state index contributed by atoms with van der Waals surface area (Å²) in [6.07, 6.45) is 2.31. The summed E-state index contributed by atoms with van der Waals surface area (Å²) in [5, 5.41) is 9.04. The Labute approximate surface area is 104 Å². The molecule has 1 saturated heterocycles. The number of nitrogens with zero attached hydrogens (tertiary/aromatic N) is 4. The number of allylic oxidation sites excluding steroid dienone is 1. The van der Waals surface area contributed by atoms with Gasteiger partial charge in [-0.3, -0.25) is 4.79 Å². The maximum absolute atomic E-state index is 11.8. The summed E-state index contributed by atoms with van der Waals surface area (Å²) in [6.45, 7) is 3.53. The van der Waals surface area contributed by atoms with Crippen LogP contribution in [-0.2, 0) is 4.79 Å². The molecular formula is C12H14N4O2. The minimum Gasteiger partial charge on any atom is -0.388 e. The van der Waals surface area contributed by atoms with Gasteiger partial charge in [-0.15, -0.1) is 0 Å². The molecule has 0 aromatic rings. The van der Waals surface area contributed by atoms with Crippen LogP contribution in [0.3, 0.4) is 0 Å². The number of likely N-dealkylation sites (tertiary alicyclic amines) is 1. The van der Waals surface area contributed by atoms with Crippen molar-refractivity contribution in [2.24, 2.45) is 15.0 Å². The molecule has 3 rings (SSSR count). The monoisotopic (exact) mass is 246 g/mol. The standard InChI is InChI=1S/C12H14N4O2/c1-7-9-10(12(18)14-8(6-17)13-9)15-11(7)16-4-2-3-5-16/h17H,2-6H2,1H3. The van der Waals surface area contributed by atoms with Crippen LogP contribution in [0.15, 0.2) is 26.4 Å². The van der Waals surface area contributed by atoms with Crippen LogP contribution in [0.4, 0.5) is 0 Å². The fourth-order valence-corrected chi connectivity index (χ4v) is 2.44. The van der Waals surface area contributed by atoms with Crippen molar-refractivity contribution in [1.29, 1.82) is 0 Å². The molecule has 1 amide bonds. The molecule has 0 aliphatic carbocycles. The second kappa shape index (κ2) is 4.13. The Balaban J connectivity index is 2.00. The number of aliphatic hydroxyl groups is 1. The first-order valence-electron chi connectivity index (χ1n) is 6.07. The van der Waals surface area contributed by atoms with Crippen LogP contribution < -0.4 is 0 Å². The number of carbonyl (C=O) groups excluding carboxylic acids is 1. The summed E-state index contributed by atoms with van der Waals surface area (Å²) < 4.78 is 0. The lowest BCUT2D eigenvalue weighted by molar-refractivity contribution is -0.111. The first-order chi connectivity index (χ1) is 8.70. The molecule has 0 aromatic heterocycles. The summed E-state index contributed by atoms with van der Waals surface area (Å²) in [4.78, 5) is 26.2. The van der Waals surface area contributed by atoms with Crippen LogP contribution in [0, 0.1) is 0 Å². The lowest BCUT2D eigenvalue weighted by Crippen LogP contribution is -2.28. The van der Waals surface area contributed by atoms with Gasteiger partial charge in [-0.25, -0.2) is 9.98 Å². The zero-order chi connectivity index (χ0) is 12.7. The van der Waals surface area contributed by atoms with Gasteiger partial charge in [0.1, 0.15) is 18.1 Å². The van der Waals surface area contributed by atoms with E-state index in [0.29, 0.717) is 11.4 Å². The third-order valence-electron chi connectivity index (χ3n) is 3.35. The maximum atomic E-state index is 11.8. The number of amides is 1. The molecule has 0 unspecified atom stereocenters.